The fraction of sp³-hybridized carbons (Fsp3) is 0.455. The van der Waals surface area contributed by atoms with Crippen molar-refractivity contribution in [2.75, 3.05) is 12.3 Å². The Hall–Kier alpha value is -1.67. The normalized spacial score (nSPS) is 14.4. The van der Waals surface area contributed by atoms with Crippen LogP contribution in [0.25, 0.3) is 11.2 Å². The summed E-state index contributed by atoms with van der Waals surface area (Å²) in [4.78, 5) is 26.8. The second-order valence-electron chi connectivity index (χ2n) is 4.30. The molecule has 0 aliphatic rings. The third-order valence-corrected chi connectivity index (χ3v) is 4.10. The number of carbonyl (C=O) groups excluding carboxylic acids is 1. The first-order valence-corrected chi connectivity index (χ1v) is 6.87. The number of primary amides is 1. The van der Waals surface area contributed by atoms with Gasteiger partial charge in [-0.05, 0) is 13.5 Å². The fourth-order valence-electron chi connectivity index (χ4n) is 1.66. The molecule has 2 rings (SSSR count). The number of fused-ring (bicyclic) bond motifs is 1. The molecule has 19 heavy (non-hydrogen) atoms. The maximum absolute atomic E-state index is 11.5. The van der Waals surface area contributed by atoms with Gasteiger partial charge >= 0.3 is 0 Å². The summed E-state index contributed by atoms with van der Waals surface area (Å²) < 4.78 is 0. The van der Waals surface area contributed by atoms with Gasteiger partial charge in [-0.15, -0.1) is 11.8 Å². The molecule has 0 aliphatic carbocycles. The van der Waals surface area contributed by atoms with E-state index in [9.17, 15) is 4.79 Å². The predicted molar refractivity (Wildman–Crippen MR) is 73.7 cm³/mol. The number of H-pyrrole nitrogens is 1. The summed E-state index contributed by atoms with van der Waals surface area (Å²) in [6.45, 7) is 4.39. The Labute approximate surface area is 114 Å². The Morgan fingerprint density at radius 2 is 2.32 bits per heavy atom. The lowest BCUT2D eigenvalue weighted by molar-refractivity contribution is -0.122. The fourth-order valence-corrected chi connectivity index (χ4v) is 2.75. The van der Waals surface area contributed by atoms with Crippen molar-refractivity contribution in [1.82, 2.24) is 25.3 Å². The molecule has 0 fully saturated rings. The van der Waals surface area contributed by atoms with E-state index in [1.54, 1.807) is 13.3 Å². The van der Waals surface area contributed by atoms with E-state index in [4.69, 9.17) is 5.73 Å². The first-order chi connectivity index (χ1) is 9.07. The van der Waals surface area contributed by atoms with Crippen LogP contribution >= 0.6 is 11.8 Å². The van der Waals surface area contributed by atoms with E-state index in [1.807, 2.05) is 6.92 Å². The molecule has 7 nitrogen and oxygen atoms in total. The zero-order valence-electron chi connectivity index (χ0n) is 10.8. The molecule has 0 radical (unpaired) electrons. The van der Waals surface area contributed by atoms with Crippen molar-refractivity contribution in [3.05, 3.63) is 12.7 Å². The van der Waals surface area contributed by atoms with Gasteiger partial charge in [0.25, 0.3) is 0 Å². The van der Waals surface area contributed by atoms with Gasteiger partial charge in [0.05, 0.1) is 6.33 Å². The molecule has 0 aromatic carbocycles. The molecule has 2 aromatic heterocycles. The zero-order valence-corrected chi connectivity index (χ0v) is 11.6. The second-order valence-corrected chi connectivity index (χ2v) is 5.26. The highest BCUT2D eigenvalue weighted by Crippen LogP contribution is 2.25. The first-order valence-electron chi connectivity index (χ1n) is 5.88. The predicted octanol–water partition coefficient (Wildman–Crippen LogP) is 0.298. The van der Waals surface area contributed by atoms with Crippen LogP contribution in [0.15, 0.2) is 17.7 Å². The highest BCUT2D eigenvalue weighted by molar-refractivity contribution is 7.99. The Morgan fingerprint density at radius 1 is 1.53 bits per heavy atom. The van der Waals surface area contributed by atoms with Crippen LogP contribution in [0.2, 0.25) is 0 Å². The number of aromatic amines is 1. The maximum Gasteiger partial charge on any atom is 0.238 e. The summed E-state index contributed by atoms with van der Waals surface area (Å²) in [7, 11) is 0. The molecule has 8 heteroatoms. The molecule has 1 atom stereocenters. The van der Waals surface area contributed by atoms with E-state index < -0.39 is 5.54 Å². The molecular formula is C11H16N6OS. The van der Waals surface area contributed by atoms with Gasteiger partial charge in [-0.2, -0.15) is 0 Å². The smallest absolute Gasteiger partial charge is 0.238 e. The van der Waals surface area contributed by atoms with Crippen LogP contribution in [0.3, 0.4) is 0 Å². The molecule has 0 saturated heterocycles. The summed E-state index contributed by atoms with van der Waals surface area (Å²) in [5.74, 6) is 0.109. The first kappa shape index (κ1) is 13.8. The summed E-state index contributed by atoms with van der Waals surface area (Å²) in [5.41, 5.74) is 6.07. The number of rotatable bonds is 6. The second kappa shape index (κ2) is 5.54. The van der Waals surface area contributed by atoms with Gasteiger partial charge in [0.1, 0.15) is 22.4 Å². The monoisotopic (exact) mass is 280 g/mol. The Bertz CT molecular complexity index is 585. The number of nitrogens with two attached hydrogens (primary N) is 1. The highest BCUT2D eigenvalue weighted by Gasteiger charge is 2.30. The summed E-state index contributed by atoms with van der Waals surface area (Å²) in [6, 6.07) is 0. The van der Waals surface area contributed by atoms with Crippen molar-refractivity contribution in [2.24, 2.45) is 5.73 Å². The van der Waals surface area contributed by atoms with Crippen molar-refractivity contribution in [1.29, 1.82) is 0 Å². The largest absolute Gasteiger partial charge is 0.368 e. The van der Waals surface area contributed by atoms with Crippen molar-refractivity contribution >= 4 is 28.8 Å². The van der Waals surface area contributed by atoms with Crippen LogP contribution in [-0.2, 0) is 4.79 Å². The number of hydrogen-bond donors (Lipinski definition) is 3. The quantitative estimate of drug-likeness (QED) is 0.518. The molecule has 0 spiro atoms. The van der Waals surface area contributed by atoms with E-state index in [0.29, 0.717) is 17.9 Å². The van der Waals surface area contributed by atoms with Gasteiger partial charge in [0, 0.05) is 5.75 Å². The minimum atomic E-state index is -0.767. The van der Waals surface area contributed by atoms with Gasteiger partial charge in [0.2, 0.25) is 5.91 Å². The van der Waals surface area contributed by atoms with Gasteiger partial charge in [-0.3, -0.25) is 4.79 Å². The van der Waals surface area contributed by atoms with Crippen LogP contribution in [0.1, 0.15) is 13.8 Å². The molecule has 2 aromatic rings. The van der Waals surface area contributed by atoms with E-state index in [-0.39, 0.29) is 5.91 Å². The number of imidazole rings is 1. The van der Waals surface area contributed by atoms with Gasteiger partial charge in [0.15, 0.2) is 5.65 Å². The Morgan fingerprint density at radius 3 is 3.00 bits per heavy atom. The van der Waals surface area contributed by atoms with Gasteiger partial charge in [-0.25, -0.2) is 15.0 Å². The van der Waals surface area contributed by atoms with E-state index in [2.05, 4.69) is 25.3 Å². The summed E-state index contributed by atoms with van der Waals surface area (Å²) in [5, 5.41) is 3.86. The average Bonchev–Trinajstić information content (AvgIpc) is 2.85. The number of aromatic nitrogens is 4. The number of nitrogens with zero attached hydrogens (tertiary/aromatic N) is 3. The average molecular weight is 280 g/mol. The Kier molecular flexibility index (Phi) is 4.01. The lowest BCUT2D eigenvalue weighted by atomic mass is 10.1. The molecule has 0 aliphatic heterocycles. The van der Waals surface area contributed by atoms with Crippen molar-refractivity contribution in [3.63, 3.8) is 0 Å². The number of carbonyl (C=O) groups is 1. The molecule has 0 bridgehead atoms. The maximum atomic E-state index is 11.5. The topological polar surface area (TPSA) is 110 Å². The minimum Gasteiger partial charge on any atom is -0.368 e. The minimum absolute atomic E-state index is 0.378. The molecule has 2 heterocycles. The number of amides is 1. The summed E-state index contributed by atoms with van der Waals surface area (Å²) >= 11 is 1.44. The number of likely N-dealkylation sites (N-methyl/N-ethyl adjacent to an activating group) is 1. The van der Waals surface area contributed by atoms with Crippen LogP contribution in [-0.4, -0.2) is 43.7 Å². The van der Waals surface area contributed by atoms with Gasteiger partial charge < -0.3 is 16.0 Å². The lowest BCUT2D eigenvalue weighted by Crippen LogP contribution is -2.55. The summed E-state index contributed by atoms with van der Waals surface area (Å²) in [6.07, 6.45) is 3.03. The molecule has 1 amide bonds. The zero-order chi connectivity index (χ0) is 13.9. The third kappa shape index (κ3) is 2.85. The molecule has 1 unspecified atom stereocenters. The van der Waals surface area contributed by atoms with Crippen LogP contribution in [0, 0.1) is 0 Å². The molecular weight excluding hydrogens is 264 g/mol. The van der Waals surface area contributed by atoms with Crippen LogP contribution in [0.4, 0.5) is 0 Å². The molecule has 102 valence electrons. The van der Waals surface area contributed by atoms with Crippen LogP contribution in [0.5, 0.6) is 0 Å². The van der Waals surface area contributed by atoms with Gasteiger partial charge in [-0.1, -0.05) is 6.92 Å². The highest BCUT2D eigenvalue weighted by atomic mass is 32.2. The van der Waals surface area contributed by atoms with E-state index in [1.165, 1.54) is 18.1 Å². The standard InChI is InChI=1S/C11H16N6OS/c1-3-17-11(2,10(12)18)4-19-9-7-8(14-5-13-7)15-6-16-9/h5-6,17H,3-4H2,1-2H3,(H2,12,18)(H,13,14,15,16). The van der Waals surface area contributed by atoms with E-state index >= 15 is 0 Å². The number of thioether (sulfide) groups is 1. The van der Waals surface area contributed by atoms with Crippen LogP contribution < -0.4 is 11.1 Å². The van der Waals surface area contributed by atoms with Crippen molar-refractivity contribution in [3.8, 4) is 0 Å². The van der Waals surface area contributed by atoms with E-state index in [0.717, 1.165) is 10.5 Å². The van der Waals surface area contributed by atoms with Crippen molar-refractivity contribution in [2.45, 2.75) is 24.4 Å². The Balaban J connectivity index is 2.17. The molecule has 4 N–H and O–H groups in total. The number of hydrogen-bond acceptors (Lipinski definition) is 6. The lowest BCUT2D eigenvalue weighted by Gasteiger charge is -2.26. The third-order valence-electron chi connectivity index (χ3n) is 2.80. The molecule has 0 saturated carbocycles. The number of nitrogens with one attached hydrogen (secondary N) is 2. The SMILES string of the molecule is CCNC(C)(CSc1ncnc2nc[nH]c12)C(N)=O. The van der Waals surface area contributed by atoms with Crippen molar-refractivity contribution < 1.29 is 4.79 Å².